The molecule has 0 saturated carbocycles. The van der Waals surface area contributed by atoms with Gasteiger partial charge in [-0.25, -0.2) is 0 Å². The van der Waals surface area contributed by atoms with Crippen LogP contribution in [0.3, 0.4) is 0 Å². The second-order valence-electron chi connectivity index (χ2n) is 25.7. The van der Waals surface area contributed by atoms with Crippen molar-refractivity contribution in [3.8, 4) is 0 Å². The molecular weight excluding hydrogens is 1420 g/mol. The number of benzene rings is 13. The minimum Gasteiger partial charge on any atom is -0.176 e. The molecule has 13 aromatic carbocycles. The van der Waals surface area contributed by atoms with Gasteiger partial charge in [0.15, 0.2) is 0 Å². The van der Waals surface area contributed by atoms with Crippen molar-refractivity contribution < 1.29 is 19.5 Å². The van der Waals surface area contributed by atoms with Crippen molar-refractivity contribution in [1.82, 2.24) is 0 Å². The molecular formula is C94H99P6Rh-. The van der Waals surface area contributed by atoms with Gasteiger partial charge in [0.1, 0.15) is 0 Å². The quantitative estimate of drug-likeness (QED) is 0.0405. The number of hydrogen-bond acceptors (Lipinski definition) is 0. The van der Waals surface area contributed by atoms with E-state index in [-0.39, 0.29) is 35.3 Å². The number of hydrogen-bond donors (Lipinski definition) is 0. The standard InChI is InChI=1S/C22H39P2.4C18H15P.Rh/c1-15(2)23(16(3)4)13-21-12-22(20(10)11-19(21)9)14-24(17(5)6)18(7)8;4*1-4-10-16(11-5-1)19(17-12-6-2-7-13-17)18-14-8-3-9-15-18;/h11,15-18H,13-14H2,1-10H3;4*1-15H;/q-1;;;;;. The predicted octanol–water partition coefficient (Wildman–Crippen LogP) is 21.5. The van der Waals surface area contributed by atoms with Gasteiger partial charge in [-0.05, 0) is 130 Å². The molecule has 0 fully saturated rings. The molecule has 101 heavy (non-hydrogen) atoms. The summed E-state index contributed by atoms with van der Waals surface area (Å²) in [5, 5.41) is 16.8. The average Bonchev–Trinajstić information content (AvgIpc) is 0.871. The third-order valence-corrected chi connectivity index (χ3v) is 33.6. The SMILES string of the molecule is Cc1cc(C)c(CP(C(C)C)C(C)C)[c-]c1CP(C(C)C)C(C)C.[Rh].c1ccc(P(c2ccccc2)c2ccccc2)cc1.c1ccc(P(c2ccccc2)c2ccccc2)cc1.c1ccc(P(c2ccccc2)c2ccccc2)cc1.c1ccc(P(c2ccccc2)c2ccccc2)cc1. The second kappa shape index (κ2) is 43.2. The van der Waals surface area contributed by atoms with Gasteiger partial charge in [-0.1, -0.05) is 449 Å². The first-order valence-corrected chi connectivity index (χ1v) is 43.9. The van der Waals surface area contributed by atoms with Gasteiger partial charge in [0.2, 0.25) is 0 Å². The third kappa shape index (κ3) is 24.6. The summed E-state index contributed by atoms with van der Waals surface area (Å²) < 4.78 is 0. The van der Waals surface area contributed by atoms with Crippen LogP contribution in [-0.2, 0) is 31.8 Å². The first-order valence-electron chi connectivity index (χ1n) is 35.2. The topological polar surface area (TPSA) is 0 Å². The van der Waals surface area contributed by atoms with E-state index in [1.54, 1.807) is 0 Å². The van der Waals surface area contributed by atoms with Gasteiger partial charge in [-0.2, -0.15) is 34.4 Å². The van der Waals surface area contributed by atoms with Crippen molar-refractivity contribution in [3.63, 3.8) is 0 Å². The molecule has 0 N–H and O–H groups in total. The minimum absolute atomic E-state index is 0. The van der Waals surface area contributed by atoms with Crippen LogP contribution in [-0.4, -0.2) is 22.6 Å². The van der Waals surface area contributed by atoms with Gasteiger partial charge in [0, 0.05) is 19.5 Å². The van der Waals surface area contributed by atoms with E-state index >= 15 is 0 Å². The monoisotopic (exact) mass is 1520 g/mol. The Balaban J connectivity index is 0.000000160. The zero-order valence-corrected chi connectivity index (χ0v) is 67.5. The van der Waals surface area contributed by atoms with Gasteiger partial charge in [-0.15, -0.1) is 0 Å². The van der Waals surface area contributed by atoms with Crippen LogP contribution in [0.25, 0.3) is 0 Å². The van der Waals surface area contributed by atoms with Crippen molar-refractivity contribution in [2.45, 2.75) is 104 Å². The van der Waals surface area contributed by atoms with Crippen LogP contribution >= 0.6 is 47.5 Å². The maximum Gasteiger partial charge on any atom is 0 e. The fourth-order valence-electron chi connectivity index (χ4n) is 12.2. The van der Waals surface area contributed by atoms with Crippen LogP contribution in [0.15, 0.2) is 370 Å². The summed E-state index contributed by atoms with van der Waals surface area (Å²) in [6.07, 6.45) is 2.48. The number of rotatable bonds is 20. The molecule has 0 amide bonds. The molecule has 0 spiro atoms. The van der Waals surface area contributed by atoms with Gasteiger partial charge in [0.05, 0.1) is 0 Å². The Bertz CT molecular complexity index is 3400. The van der Waals surface area contributed by atoms with Crippen LogP contribution in [0.4, 0.5) is 0 Å². The van der Waals surface area contributed by atoms with Gasteiger partial charge >= 0.3 is 0 Å². The van der Waals surface area contributed by atoms with E-state index in [4.69, 9.17) is 0 Å². The summed E-state index contributed by atoms with van der Waals surface area (Å²) >= 11 is 0. The van der Waals surface area contributed by atoms with E-state index in [9.17, 15) is 0 Å². The molecule has 0 saturated heterocycles. The molecule has 0 heterocycles. The van der Waals surface area contributed by atoms with Crippen LogP contribution in [0.1, 0.15) is 77.6 Å². The Morgan fingerprint density at radius 3 is 0.436 bits per heavy atom. The molecule has 0 aliphatic heterocycles. The Labute approximate surface area is 628 Å². The van der Waals surface area contributed by atoms with Crippen molar-refractivity contribution in [2.24, 2.45) is 0 Å². The maximum atomic E-state index is 3.89. The molecule has 0 unspecified atom stereocenters. The first-order chi connectivity index (χ1) is 48.8. The van der Waals surface area contributed by atoms with Crippen LogP contribution in [0.5, 0.6) is 0 Å². The fraction of sp³-hybridized carbons (Fsp3) is 0.170. The molecule has 515 valence electrons. The third-order valence-electron chi connectivity index (χ3n) is 17.2. The Morgan fingerprint density at radius 2 is 0.327 bits per heavy atom. The van der Waals surface area contributed by atoms with Crippen molar-refractivity contribution in [1.29, 1.82) is 0 Å². The Morgan fingerprint density at radius 1 is 0.208 bits per heavy atom. The zero-order valence-electron chi connectivity index (χ0n) is 60.5. The summed E-state index contributed by atoms with van der Waals surface area (Å²) in [6.45, 7) is 23.7. The van der Waals surface area contributed by atoms with E-state index in [1.807, 2.05) is 0 Å². The zero-order chi connectivity index (χ0) is 70.3. The van der Waals surface area contributed by atoms with E-state index in [2.05, 4.69) is 445 Å². The molecule has 0 aromatic heterocycles. The molecule has 0 aliphatic rings. The molecule has 1 radical (unpaired) electrons. The van der Waals surface area contributed by atoms with Gasteiger partial charge < -0.3 is 0 Å². The first kappa shape index (κ1) is 79.8. The van der Waals surface area contributed by atoms with E-state index in [1.165, 1.54) is 98.2 Å². The van der Waals surface area contributed by atoms with Crippen molar-refractivity contribution in [3.05, 3.63) is 398 Å². The number of aryl methyl sites for hydroxylation is 2. The molecule has 0 aliphatic carbocycles. The Hall–Kier alpha value is -6.94. The van der Waals surface area contributed by atoms with Crippen molar-refractivity contribution in [2.75, 3.05) is 0 Å². The molecule has 0 atom stereocenters. The van der Waals surface area contributed by atoms with E-state index < -0.39 is 31.7 Å². The minimum atomic E-state index is -0.446. The van der Waals surface area contributed by atoms with Gasteiger partial charge in [-0.3, -0.25) is 0 Å². The van der Waals surface area contributed by atoms with E-state index in [0.29, 0.717) is 0 Å². The summed E-state index contributed by atoms with van der Waals surface area (Å²) in [4.78, 5) is 0. The fourth-order valence-corrected chi connectivity index (χ4v) is 26.7. The average molecular weight is 1520 g/mol. The Kier molecular flexibility index (Phi) is 34.1. The summed E-state index contributed by atoms with van der Waals surface area (Å²) in [7, 11) is -1.71. The van der Waals surface area contributed by atoms with Crippen LogP contribution in [0, 0.1) is 19.9 Å². The second-order valence-corrected chi connectivity index (χ2v) is 41.4. The van der Waals surface area contributed by atoms with E-state index in [0.717, 1.165) is 22.6 Å². The van der Waals surface area contributed by atoms with Crippen LogP contribution < -0.4 is 63.7 Å². The largest absolute Gasteiger partial charge is 0.176 e. The summed E-state index contributed by atoms with van der Waals surface area (Å²) in [5.74, 6) is 0. The van der Waals surface area contributed by atoms with Crippen molar-refractivity contribution >= 4 is 111 Å². The van der Waals surface area contributed by atoms with Crippen LogP contribution in [0.2, 0.25) is 0 Å². The molecule has 13 aromatic rings. The molecule has 7 heteroatoms. The molecule has 0 nitrogen and oxygen atoms in total. The summed E-state index contributed by atoms with van der Waals surface area (Å²) in [6, 6.07) is 136. The summed E-state index contributed by atoms with van der Waals surface area (Å²) in [5.41, 5.74) is 9.05. The normalized spacial score (nSPS) is 11.0. The smallest absolute Gasteiger partial charge is 0 e. The van der Waals surface area contributed by atoms with Gasteiger partial charge in [0.25, 0.3) is 0 Å². The maximum absolute atomic E-state index is 3.89. The molecule has 13 rings (SSSR count). The molecule has 0 bridgehead atoms. The predicted molar refractivity (Wildman–Crippen MR) is 457 cm³/mol.